The first kappa shape index (κ1) is 34.2. The molecule has 1 aliphatic rings. The van der Waals surface area contributed by atoms with Gasteiger partial charge in [0.05, 0.1) is 25.6 Å². The molecule has 1 aromatic rings. The molecule has 0 spiro atoms. The maximum atomic E-state index is 13.8. The fourth-order valence-electron chi connectivity index (χ4n) is 4.10. The largest absolute Gasteiger partial charge is 0.469 e. The lowest BCUT2D eigenvalue weighted by Gasteiger charge is -2.44. The highest BCUT2D eigenvalue weighted by atomic mass is 16.6. The molecule has 0 radical (unpaired) electrons. The summed E-state index contributed by atoms with van der Waals surface area (Å²) in [4.78, 5) is 79.2. The molecule has 1 aromatic carbocycles. The Hall–Kier alpha value is -4.00. The molecule has 232 valence electrons. The highest BCUT2D eigenvalue weighted by Crippen LogP contribution is 2.22. The van der Waals surface area contributed by atoms with Crippen LogP contribution in [0.4, 0.5) is 4.79 Å². The third-order valence-corrected chi connectivity index (χ3v) is 5.90. The zero-order chi connectivity index (χ0) is 31.7. The Labute approximate surface area is 245 Å². The zero-order valence-electron chi connectivity index (χ0n) is 25.2. The topological polar surface area (TPSA) is 158 Å². The number of methoxy groups -OCH3 is 1. The average Bonchev–Trinajstić information content (AvgIpc) is 2.90. The van der Waals surface area contributed by atoms with Crippen LogP contribution in [0.2, 0.25) is 0 Å². The summed E-state index contributed by atoms with van der Waals surface area (Å²) in [5, 5.41) is 2.40. The predicted molar refractivity (Wildman–Crippen MR) is 149 cm³/mol. The molecule has 0 aromatic heterocycles. The van der Waals surface area contributed by atoms with Gasteiger partial charge in [-0.15, -0.1) is 0 Å². The van der Waals surface area contributed by atoms with E-state index in [0.29, 0.717) is 6.29 Å². The number of esters is 2. The monoisotopic (exact) mass is 591 g/mol. The highest BCUT2D eigenvalue weighted by Gasteiger charge is 2.44. The number of amides is 3. The van der Waals surface area contributed by atoms with Crippen molar-refractivity contribution in [2.24, 2.45) is 0 Å². The molecule has 1 aliphatic heterocycles. The van der Waals surface area contributed by atoms with Crippen LogP contribution in [0.3, 0.4) is 0 Å². The van der Waals surface area contributed by atoms with Crippen molar-refractivity contribution in [1.29, 1.82) is 0 Å². The molecule has 42 heavy (non-hydrogen) atoms. The van der Waals surface area contributed by atoms with Gasteiger partial charge >= 0.3 is 18.0 Å². The molecule has 1 heterocycles. The minimum absolute atomic E-state index is 0.0595. The Morgan fingerprint density at radius 3 is 2.19 bits per heavy atom. The lowest BCUT2D eigenvalue weighted by atomic mass is 10.0. The maximum Gasteiger partial charge on any atom is 0.408 e. The van der Waals surface area contributed by atoms with E-state index in [2.05, 4.69) is 5.32 Å². The first-order valence-corrected chi connectivity index (χ1v) is 13.5. The standard InChI is InChI=1S/C29H41N3O10/c1-28(2,3)41-22(17-33)32-14-13-31(21(26(32)37)16-23(34)39-7)25(36)20(30-27(38)42-29(4,5)6)15-24(35)40-18-19-11-9-8-10-12-19/h8-12,17,20-22H,13-16,18H2,1-7H3,(H,30,38)/t20-,21?,22?/m0/s1. The Balaban J connectivity index is 2.33. The minimum Gasteiger partial charge on any atom is -0.469 e. The number of nitrogens with zero attached hydrogens (tertiary/aromatic N) is 2. The molecular weight excluding hydrogens is 550 g/mol. The van der Waals surface area contributed by atoms with Gasteiger partial charge < -0.3 is 34.1 Å². The van der Waals surface area contributed by atoms with E-state index in [9.17, 15) is 28.8 Å². The molecule has 2 unspecified atom stereocenters. The van der Waals surface area contributed by atoms with E-state index in [0.717, 1.165) is 22.5 Å². The van der Waals surface area contributed by atoms with Crippen LogP contribution >= 0.6 is 0 Å². The Bertz CT molecular complexity index is 1130. The summed E-state index contributed by atoms with van der Waals surface area (Å²) in [6.45, 7) is 9.72. The SMILES string of the molecule is COC(=O)CC1C(=O)N(C(C=O)OC(C)(C)C)CCN1C(=O)[C@H](CC(=O)OCc1ccccc1)NC(=O)OC(C)(C)C. The van der Waals surface area contributed by atoms with Crippen molar-refractivity contribution in [2.75, 3.05) is 20.2 Å². The number of aldehydes is 1. The number of benzene rings is 1. The second kappa shape index (κ2) is 14.8. The van der Waals surface area contributed by atoms with Crippen LogP contribution in [0.15, 0.2) is 30.3 Å². The van der Waals surface area contributed by atoms with Gasteiger partial charge in [-0.2, -0.15) is 0 Å². The summed E-state index contributed by atoms with van der Waals surface area (Å²) in [7, 11) is 1.13. The van der Waals surface area contributed by atoms with Crippen LogP contribution in [-0.2, 0) is 49.5 Å². The van der Waals surface area contributed by atoms with Gasteiger partial charge in [-0.3, -0.25) is 24.0 Å². The fourth-order valence-corrected chi connectivity index (χ4v) is 4.10. The van der Waals surface area contributed by atoms with E-state index in [4.69, 9.17) is 18.9 Å². The molecule has 13 nitrogen and oxygen atoms in total. The second-order valence-electron chi connectivity index (χ2n) is 11.7. The van der Waals surface area contributed by atoms with E-state index in [1.54, 1.807) is 65.8 Å². The van der Waals surface area contributed by atoms with Crippen LogP contribution < -0.4 is 5.32 Å². The van der Waals surface area contributed by atoms with Crippen LogP contribution in [0.25, 0.3) is 0 Å². The van der Waals surface area contributed by atoms with Gasteiger partial charge in [-0.1, -0.05) is 30.3 Å². The summed E-state index contributed by atoms with van der Waals surface area (Å²) in [6.07, 6.45) is -2.87. The molecule has 1 fully saturated rings. The summed E-state index contributed by atoms with van der Waals surface area (Å²) < 4.78 is 21.0. The van der Waals surface area contributed by atoms with Gasteiger partial charge in [-0.05, 0) is 47.1 Å². The summed E-state index contributed by atoms with van der Waals surface area (Å²) >= 11 is 0. The molecule has 0 aliphatic carbocycles. The molecule has 3 atom stereocenters. The molecule has 13 heteroatoms. The van der Waals surface area contributed by atoms with E-state index >= 15 is 0 Å². The summed E-state index contributed by atoms with van der Waals surface area (Å²) in [6, 6.07) is 5.99. The van der Waals surface area contributed by atoms with Crippen molar-refractivity contribution < 1.29 is 47.7 Å². The first-order chi connectivity index (χ1) is 19.5. The lowest BCUT2D eigenvalue weighted by molar-refractivity contribution is -0.179. The van der Waals surface area contributed by atoms with Gasteiger partial charge in [0.1, 0.15) is 24.3 Å². The summed E-state index contributed by atoms with van der Waals surface area (Å²) in [5.41, 5.74) is -0.965. The number of alkyl carbamates (subject to hydrolysis) is 1. The van der Waals surface area contributed by atoms with Gasteiger partial charge in [0, 0.05) is 13.1 Å². The maximum absolute atomic E-state index is 13.8. The quantitative estimate of drug-likeness (QED) is 0.229. The number of ether oxygens (including phenoxy) is 4. The number of hydrogen-bond donors (Lipinski definition) is 1. The second-order valence-corrected chi connectivity index (χ2v) is 11.7. The number of piperazine rings is 1. The summed E-state index contributed by atoms with van der Waals surface area (Å²) in [5.74, 6) is -3.13. The number of hydrogen-bond acceptors (Lipinski definition) is 10. The smallest absolute Gasteiger partial charge is 0.408 e. The van der Waals surface area contributed by atoms with Gasteiger partial charge in [0.25, 0.3) is 0 Å². The van der Waals surface area contributed by atoms with Gasteiger partial charge in [0.15, 0.2) is 12.5 Å². The van der Waals surface area contributed by atoms with Crippen molar-refractivity contribution in [3.63, 3.8) is 0 Å². The van der Waals surface area contributed by atoms with E-state index in [1.807, 2.05) is 6.07 Å². The van der Waals surface area contributed by atoms with Crippen LogP contribution in [0.5, 0.6) is 0 Å². The third kappa shape index (κ3) is 10.8. The van der Waals surface area contributed by atoms with E-state index in [1.165, 1.54) is 0 Å². The van der Waals surface area contributed by atoms with Gasteiger partial charge in [-0.25, -0.2) is 4.79 Å². The predicted octanol–water partition coefficient (Wildman–Crippen LogP) is 1.96. The van der Waals surface area contributed by atoms with Crippen LogP contribution in [0, 0.1) is 0 Å². The Kier molecular flexibility index (Phi) is 12.0. The first-order valence-electron chi connectivity index (χ1n) is 13.5. The molecule has 1 N–H and O–H groups in total. The molecule has 0 bridgehead atoms. The third-order valence-electron chi connectivity index (χ3n) is 5.90. The number of carbonyl (C=O) groups excluding carboxylic acids is 6. The lowest BCUT2D eigenvalue weighted by Crippen LogP contribution is -2.65. The van der Waals surface area contributed by atoms with E-state index < -0.39 is 72.2 Å². The molecule has 1 saturated heterocycles. The average molecular weight is 592 g/mol. The number of carbonyl (C=O) groups is 6. The number of rotatable bonds is 11. The van der Waals surface area contributed by atoms with Crippen molar-refractivity contribution in [3.8, 4) is 0 Å². The molecule has 0 saturated carbocycles. The zero-order valence-corrected chi connectivity index (χ0v) is 25.2. The number of nitrogens with one attached hydrogen (secondary N) is 1. The fraction of sp³-hybridized carbons (Fsp3) is 0.586. The van der Waals surface area contributed by atoms with Crippen molar-refractivity contribution >= 4 is 36.1 Å². The minimum atomic E-state index is -1.49. The van der Waals surface area contributed by atoms with Gasteiger partial charge in [0.2, 0.25) is 11.8 Å². The molecule has 2 rings (SSSR count). The van der Waals surface area contributed by atoms with Crippen molar-refractivity contribution in [2.45, 2.75) is 90.5 Å². The Morgan fingerprint density at radius 2 is 1.64 bits per heavy atom. The van der Waals surface area contributed by atoms with Crippen LogP contribution in [-0.4, -0.2) is 95.6 Å². The molecular formula is C29H41N3O10. The van der Waals surface area contributed by atoms with E-state index in [-0.39, 0.29) is 19.7 Å². The normalized spacial score (nSPS) is 17.1. The van der Waals surface area contributed by atoms with Crippen molar-refractivity contribution in [1.82, 2.24) is 15.1 Å². The van der Waals surface area contributed by atoms with Crippen molar-refractivity contribution in [3.05, 3.63) is 35.9 Å². The van der Waals surface area contributed by atoms with Crippen LogP contribution in [0.1, 0.15) is 59.9 Å². The molecule has 3 amide bonds. The Morgan fingerprint density at radius 1 is 1.00 bits per heavy atom. The highest BCUT2D eigenvalue weighted by molar-refractivity contribution is 5.96.